The molecule has 0 aliphatic heterocycles. The van der Waals surface area contributed by atoms with Crippen molar-refractivity contribution >= 4 is 16.3 Å². The van der Waals surface area contributed by atoms with E-state index in [0.29, 0.717) is 6.61 Å². The van der Waals surface area contributed by atoms with Gasteiger partial charge >= 0.3 is 0 Å². The van der Waals surface area contributed by atoms with Crippen molar-refractivity contribution in [3.63, 3.8) is 0 Å². The highest BCUT2D eigenvalue weighted by molar-refractivity contribution is 5.94. The highest BCUT2D eigenvalue weighted by Crippen LogP contribution is 2.33. The van der Waals surface area contributed by atoms with Gasteiger partial charge in [-0.25, -0.2) is 4.39 Å². The lowest BCUT2D eigenvalue weighted by atomic mass is 9.96. The molecule has 0 amide bonds. The SMILES string of the molecule is C=C(c1ccc(F)cc1)c1ccc2c(OCc3ccccc3)c(C)nc(C)c2c1. The van der Waals surface area contributed by atoms with Crippen LogP contribution in [0.5, 0.6) is 5.75 Å². The predicted molar refractivity (Wildman–Crippen MR) is 117 cm³/mol. The molecule has 0 saturated heterocycles. The molecule has 0 atom stereocenters. The second-order valence-electron chi connectivity index (χ2n) is 7.13. The Hall–Kier alpha value is -3.46. The number of ether oxygens (including phenoxy) is 1. The number of halogens is 1. The van der Waals surface area contributed by atoms with Crippen molar-refractivity contribution in [3.05, 3.63) is 113 Å². The lowest BCUT2D eigenvalue weighted by molar-refractivity contribution is 0.306. The Kier molecular flexibility index (Phi) is 5.13. The maximum absolute atomic E-state index is 13.2. The van der Waals surface area contributed by atoms with E-state index < -0.39 is 0 Å². The van der Waals surface area contributed by atoms with Crippen LogP contribution in [-0.2, 0) is 6.61 Å². The van der Waals surface area contributed by atoms with Gasteiger partial charge in [0.05, 0.1) is 5.69 Å². The van der Waals surface area contributed by atoms with Gasteiger partial charge in [0.2, 0.25) is 0 Å². The maximum atomic E-state index is 13.2. The molecule has 4 aromatic rings. The van der Waals surface area contributed by atoms with Crippen LogP contribution in [0.25, 0.3) is 16.3 Å². The van der Waals surface area contributed by atoms with Crippen molar-refractivity contribution in [2.24, 2.45) is 0 Å². The molecule has 144 valence electrons. The molecule has 0 saturated carbocycles. The second-order valence-corrected chi connectivity index (χ2v) is 7.13. The Morgan fingerprint density at radius 3 is 2.28 bits per heavy atom. The van der Waals surface area contributed by atoms with Crippen molar-refractivity contribution in [1.82, 2.24) is 4.98 Å². The Morgan fingerprint density at radius 2 is 1.55 bits per heavy atom. The van der Waals surface area contributed by atoms with Gasteiger partial charge in [0.25, 0.3) is 0 Å². The van der Waals surface area contributed by atoms with E-state index in [2.05, 4.69) is 18.7 Å². The lowest BCUT2D eigenvalue weighted by Crippen LogP contribution is -2.01. The van der Waals surface area contributed by atoms with Gasteiger partial charge in [-0.15, -0.1) is 0 Å². The number of pyridine rings is 1. The van der Waals surface area contributed by atoms with E-state index in [9.17, 15) is 4.39 Å². The molecule has 0 radical (unpaired) electrons. The van der Waals surface area contributed by atoms with Crippen LogP contribution in [0.15, 0.2) is 79.4 Å². The zero-order chi connectivity index (χ0) is 20.4. The highest BCUT2D eigenvalue weighted by Gasteiger charge is 2.13. The van der Waals surface area contributed by atoms with Crippen molar-refractivity contribution < 1.29 is 9.13 Å². The summed E-state index contributed by atoms with van der Waals surface area (Å²) < 4.78 is 19.4. The first-order chi connectivity index (χ1) is 14.0. The summed E-state index contributed by atoms with van der Waals surface area (Å²) in [6.07, 6.45) is 0. The number of benzene rings is 3. The third-order valence-electron chi connectivity index (χ3n) is 5.09. The molecule has 0 bridgehead atoms. The van der Waals surface area contributed by atoms with Crippen LogP contribution in [0, 0.1) is 19.7 Å². The van der Waals surface area contributed by atoms with Crippen molar-refractivity contribution in [2.75, 3.05) is 0 Å². The first kappa shape index (κ1) is 18.9. The number of nitrogens with zero attached hydrogens (tertiary/aromatic N) is 1. The monoisotopic (exact) mass is 383 g/mol. The second kappa shape index (κ2) is 7.88. The van der Waals surface area contributed by atoms with E-state index in [-0.39, 0.29) is 5.82 Å². The van der Waals surface area contributed by atoms with Crippen LogP contribution in [0.1, 0.15) is 28.1 Å². The zero-order valence-corrected chi connectivity index (χ0v) is 16.6. The Balaban J connectivity index is 1.71. The Labute approximate surface area is 170 Å². The number of hydrogen-bond donors (Lipinski definition) is 0. The fourth-order valence-corrected chi connectivity index (χ4v) is 3.52. The van der Waals surface area contributed by atoms with Crippen LogP contribution < -0.4 is 4.74 Å². The highest BCUT2D eigenvalue weighted by atomic mass is 19.1. The molecule has 2 nitrogen and oxygen atoms in total. The molecule has 3 heteroatoms. The summed E-state index contributed by atoms with van der Waals surface area (Å²) in [5, 5.41) is 2.06. The third-order valence-corrected chi connectivity index (χ3v) is 5.09. The van der Waals surface area contributed by atoms with Crippen LogP contribution in [-0.4, -0.2) is 4.98 Å². The smallest absolute Gasteiger partial charge is 0.148 e. The van der Waals surface area contributed by atoms with Crippen LogP contribution in [0.4, 0.5) is 4.39 Å². The van der Waals surface area contributed by atoms with Gasteiger partial charge in [0, 0.05) is 16.5 Å². The average molecular weight is 383 g/mol. The first-order valence-corrected chi connectivity index (χ1v) is 9.56. The molecule has 29 heavy (non-hydrogen) atoms. The standard InChI is InChI=1S/C26H22FNO/c1-17(21-9-12-23(27)13-10-21)22-11-14-24-25(15-22)18(2)28-19(3)26(24)29-16-20-7-5-4-6-8-20/h4-15H,1,16H2,2-3H3. The van der Waals surface area contributed by atoms with E-state index in [1.54, 1.807) is 12.1 Å². The predicted octanol–water partition coefficient (Wildman–Crippen LogP) is 6.63. The third kappa shape index (κ3) is 3.90. The average Bonchev–Trinajstić information content (AvgIpc) is 2.74. The van der Waals surface area contributed by atoms with Gasteiger partial charge < -0.3 is 4.74 Å². The Morgan fingerprint density at radius 1 is 0.862 bits per heavy atom. The van der Waals surface area contributed by atoms with Crippen molar-refractivity contribution in [3.8, 4) is 5.75 Å². The fraction of sp³-hybridized carbons (Fsp3) is 0.115. The number of fused-ring (bicyclic) bond motifs is 1. The molecule has 4 rings (SSSR count). The van der Waals surface area contributed by atoms with E-state index in [4.69, 9.17) is 9.72 Å². The minimum Gasteiger partial charge on any atom is -0.486 e. The molecule has 1 aromatic heterocycles. The van der Waals surface area contributed by atoms with Gasteiger partial charge in [0.15, 0.2) is 0 Å². The van der Waals surface area contributed by atoms with Gasteiger partial charge in [0.1, 0.15) is 18.2 Å². The van der Waals surface area contributed by atoms with Crippen molar-refractivity contribution in [1.29, 1.82) is 0 Å². The van der Waals surface area contributed by atoms with Gasteiger partial charge in [-0.1, -0.05) is 55.1 Å². The minimum absolute atomic E-state index is 0.254. The van der Waals surface area contributed by atoms with E-state index in [1.807, 2.05) is 50.2 Å². The van der Waals surface area contributed by atoms with E-state index >= 15 is 0 Å². The molecular weight excluding hydrogens is 361 g/mol. The van der Waals surface area contributed by atoms with Crippen LogP contribution in [0.2, 0.25) is 0 Å². The quantitative estimate of drug-likeness (QED) is 0.386. The summed E-state index contributed by atoms with van der Waals surface area (Å²) in [7, 11) is 0. The normalized spacial score (nSPS) is 10.9. The van der Waals surface area contributed by atoms with Gasteiger partial charge in [-0.3, -0.25) is 4.98 Å². The lowest BCUT2D eigenvalue weighted by Gasteiger charge is -2.15. The Bertz CT molecular complexity index is 1180. The molecule has 1 heterocycles. The number of aryl methyl sites for hydroxylation is 2. The number of aromatic nitrogens is 1. The summed E-state index contributed by atoms with van der Waals surface area (Å²) in [4.78, 5) is 4.69. The summed E-state index contributed by atoms with van der Waals surface area (Å²) >= 11 is 0. The minimum atomic E-state index is -0.254. The number of hydrogen-bond acceptors (Lipinski definition) is 2. The van der Waals surface area contributed by atoms with Crippen LogP contribution in [0.3, 0.4) is 0 Å². The molecule has 0 aliphatic carbocycles. The van der Waals surface area contributed by atoms with Gasteiger partial charge in [-0.05, 0) is 60.4 Å². The van der Waals surface area contributed by atoms with Gasteiger partial charge in [-0.2, -0.15) is 0 Å². The largest absolute Gasteiger partial charge is 0.486 e. The molecule has 0 unspecified atom stereocenters. The first-order valence-electron chi connectivity index (χ1n) is 9.56. The van der Waals surface area contributed by atoms with E-state index in [1.165, 1.54) is 12.1 Å². The molecule has 0 spiro atoms. The summed E-state index contributed by atoms with van der Waals surface area (Å²) in [5.74, 6) is 0.546. The fourth-order valence-electron chi connectivity index (χ4n) is 3.52. The summed E-state index contributed by atoms with van der Waals surface area (Å²) in [6.45, 7) is 8.67. The molecular formula is C26H22FNO. The summed E-state index contributed by atoms with van der Waals surface area (Å²) in [5.41, 5.74) is 5.64. The van der Waals surface area contributed by atoms with Crippen LogP contribution >= 0.6 is 0 Å². The molecule has 0 N–H and O–H groups in total. The van der Waals surface area contributed by atoms with Crippen molar-refractivity contribution in [2.45, 2.75) is 20.5 Å². The maximum Gasteiger partial charge on any atom is 0.148 e. The topological polar surface area (TPSA) is 22.1 Å². The molecule has 3 aromatic carbocycles. The number of rotatable bonds is 5. The molecule has 0 aliphatic rings. The summed E-state index contributed by atoms with van der Waals surface area (Å²) in [6, 6.07) is 22.7. The van der Waals surface area contributed by atoms with E-state index in [0.717, 1.165) is 50.2 Å². The molecule has 0 fully saturated rings. The zero-order valence-electron chi connectivity index (χ0n) is 16.6.